The molecule has 0 unspecified atom stereocenters. The minimum absolute atomic E-state index is 0.256. The number of carbonyl (C=O) groups is 2. The third kappa shape index (κ3) is 14.0. The Bertz CT molecular complexity index is 125. The molecule has 0 fully saturated rings. The van der Waals surface area contributed by atoms with Gasteiger partial charge in [0.2, 0.25) is 0 Å². The van der Waals surface area contributed by atoms with E-state index in [1.54, 1.807) is 13.8 Å². The lowest BCUT2D eigenvalue weighted by molar-refractivity contribution is -0.159. The lowest BCUT2D eigenvalue weighted by Gasteiger charge is -1.95. The Balaban J connectivity index is 0. The summed E-state index contributed by atoms with van der Waals surface area (Å²) < 4.78 is 4.27. The molecule has 0 aliphatic carbocycles. The van der Waals surface area contributed by atoms with E-state index in [9.17, 15) is 9.59 Å². The van der Waals surface area contributed by atoms with Gasteiger partial charge in [0.15, 0.2) is 0 Å². The zero-order chi connectivity index (χ0) is 10.7. The first-order chi connectivity index (χ1) is 6.12. The Morgan fingerprint density at radius 2 is 1.15 bits per heavy atom. The SMILES string of the molecule is CCC(=O)OC(=O)CC.CCCC. The van der Waals surface area contributed by atoms with Crippen LogP contribution in [0, 0.1) is 0 Å². The van der Waals surface area contributed by atoms with E-state index in [1.165, 1.54) is 12.8 Å². The molecule has 0 aromatic carbocycles. The number of rotatable bonds is 3. The quantitative estimate of drug-likeness (QED) is 0.505. The molecule has 13 heavy (non-hydrogen) atoms. The summed E-state index contributed by atoms with van der Waals surface area (Å²) in [6.45, 7) is 7.65. The Morgan fingerprint density at radius 3 is 1.31 bits per heavy atom. The Kier molecular flexibility index (Phi) is 12.6. The molecular formula is C10H20O3. The summed E-state index contributed by atoms with van der Waals surface area (Å²) in [6.07, 6.45) is 3.15. The summed E-state index contributed by atoms with van der Waals surface area (Å²) in [5.41, 5.74) is 0. The highest BCUT2D eigenvalue weighted by atomic mass is 16.6. The van der Waals surface area contributed by atoms with Gasteiger partial charge in [-0.25, -0.2) is 0 Å². The molecule has 0 atom stereocenters. The second kappa shape index (κ2) is 11.1. The summed E-state index contributed by atoms with van der Waals surface area (Å²) in [7, 11) is 0. The van der Waals surface area contributed by atoms with E-state index in [1.807, 2.05) is 0 Å². The standard InChI is InChI=1S/C6H10O3.C4H10/c1-3-5(7)9-6(8)4-2;1-3-4-2/h3-4H2,1-2H3;3-4H2,1-2H3. The molecule has 0 aliphatic rings. The second-order valence-corrected chi connectivity index (χ2v) is 2.55. The largest absolute Gasteiger partial charge is 0.393 e. The molecule has 0 saturated heterocycles. The van der Waals surface area contributed by atoms with E-state index in [0.29, 0.717) is 0 Å². The third-order valence-electron chi connectivity index (χ3n) is 1.31. The van der Waals surface area contributed by atoms with E-state index >= 15 is 0 Å². The molecule has 0 aromatic heterocycles. The van der Waals surface area contributed by atoms with Gasteiger partial charge in [0.1, 0.15) is 0 Å². The molecule has 0 radical (unpaired) electrons. The average Bonchev–Trinajstić information content (AvgIpc) is 2.17. The van der Waals surface area contributed by atoms with Crippen molar-refractivity contribution >= 4 is 11.9 Å². The van der Waals surface area contributed by atoms with Crippen molar-refractivity contribution in [3.8, 4) is 0 Å². The van der Waals surface area contributed by atoms with Gasteiger partial charge in [-0.1, -0.05) is 40.5 Å². The molecule has 0 aliphatic heterocycles. The molecule has 3 nitrogen and oxygen atoms in total. The molecule has 78 valence electrons. The lowest BCUT2D eigenvalue weighted by Crippen LogP contribution is -2.09. The highest BCUT2D eigenvalue weighted by Gasteiger charge is 2.03. The summed E-state index contributed by atoms with van der Waals surface area (Å²) in [6, 6.07) is 0. The van der Waals surface area contributed by atoms with Crippen LogP contribution in [0.3, 0.4) is 0 Å². The number of carbonyl (C=O) groups excluding carboxylic acids is 2. The lowest BCUT2D eigenvalue weighted by atomic mass is 10.4. The number of esters is 2. The van der Waals surface area contributed by atoms with E-state index in [4.69, 9.17) is 0 Å². The van der Waals surface area contributed by atoms with Gasteiger partial charge in [-0.2, -0.15) is 0 Å². The predicted octanol–water partition coefficient (Wildman–Crippen LogP) is 2.68. The van der Waals surface area contributed by atoms with Crippen LogP contribution in [0.1, 0.15) is 53.4 Å². The highest BCUT2D eigenvalue weighted by molar-refractivity contribution is 5.84. The van der Waals surface area contributed by atoms with Gasteiger partial charge in [-0.15, -0.1) is 0 Å². The van der Waals surface area contributed by atoms with Crippen LogP contribution in [0.25, 0.3) is 0 Å². The van der Waals surface area contributed by atoms with Crippen molar-refractivity contribution in [3.63, 3.8) is 0 Å². The topological polar surface area (TPSA) is 43.4 Å². The number of unbranched alkanes of at least 4 members (excludes halogenated alkanes) is 1. The van der Waals surface area contributed by atoms with Crippen molar-refractivity contribution in [1.82, 2.24) is 0 Å². The van der Waals surface area contributed by atoms with Gasteiger partial charge in [0, 0.05) is 12.8 Å². The van der Waals surface area contributed by atoms with Crippen molar-refractivity contribution in [2.45, 2.75) is 53.4 Å². The first-order valence-corrected chi connectivity index (χ1v) is 4.85. The van der Waals surface area contributed by atoms with Crippen molar-refractivity contribution in [2.75, 3.05) is 0 Å². The van der Waals surface area contributed by atoms with Crippen LogP contribution in [0.2, 0.25) is 0 Å². The van der Waals surface area contributed by atoms with E-state index in [-0.39, 0.29) is 12.8 Å². The summed E-state index contributed by atoms with van der Waals surface area (Å²) in [4.78, 5) is 20.7. The first-order valence-electron chi connectivity index (χ1n) is 4.85. The normalized spacial score (nSPS) is 8.31. The molecular weight excluding hydrogens is 168 g/mol. The van der Waals surface area contributed by atoms with Gasteiger partial charge in [-0.3, -0.25) is 9.59 Å². The molecule has 0 heterocycles. The van der Waals surface area contributed by atoms with Crippen LogP contribution in [-0.2, 0) is 14.3 Å². The number of ether oxygens (including phenoxy) is 1. The second-order valence-electron chi connectivity index (χ2n) is 2.55. The average molecular weight is 188 g/mol. The third-order valence-corrected chi connectivity index (χ3v) is 1.31. The van der Waals surface area contributed by atoms with Gasteiger partial charge < -0.3 is 4.74 Å². The Labute approximate surface area is 80.5 Å². The molecule has 0 bridgehead atoms. The van der Waals surface area contributed by atoms with Gasteiger partial charge >= 0.3 is 11.9 Å². The Hall–Kier alpha value is -0.860. The summed E-state index contributed by atoms with van der Waals surface area (Å²) in [5.74, 6) is -0.913. The van der Waals surface area contributed by atoms with Crippen molar-refractivity contribution in [1.29, 1.82) is 0 Å². The van der Waals surface area contributed by atoms with Crippen LogP contribution in [0.5, 0.6) is 0 Å². The van der Waals surface area contributed by atoms with Crippen molar-refractivity contribution < 1.29 is 14.3 Å². The van der Waals surface area contributed by atoms with E-state index in [0.717, 1.165) is 0 Å². The van der Waals surface area contributed by atoms with Crippen LogP contribution in [0.4, 0.5) is 0 Å². The van der Waals surface area contributed by atoms with Crippen LogP contribution in [-0.4, -0.2) is 11.9 Å². The zero-order valence-electron chi connectivity index (χ0n) is 9.05. The first kappa shape index (κ1) is 14.7. The summed E-state index contributed by atoms with van der Waals surface area (Å²) in [5, 5.41) is 0. The molecule has 0 rings (SSSR count). The fourth-order valence-corrected chi connectivity index (χ4v) is 0.271. The summed E-state index contributed by atoms with van der Waals surface area (Å²) >= 11 is 0. The fraction of sp³-hybridized carbons (Fsp3) is 0.800. The van der Waals surface area contributed by atoms with Gasteiger partial charge in [-0.05, 0) is 0 Å². The van der Waals surface area contributed by atoms with E-state index < -0.39 is 11.9 Å². The number of hydrogen-bond donors (Lipinski definition) is 0. The molecule has 3 heteroatoms. The monoisotopic (exact) mass is 188 g/mol. The molecule has 0 aromatic rings. The van der Waals surface area contributed by atoms with Gasteiger partial charge in [0.25, 0.3) is 0 Å². The van der Waals surface area contributed by atoms with Crippen molar-refractivity contribution in [2.24, 2.45) is 0 Å². The van der Waals surface area contributed by atoms with Crippen LogP contribution >= 0.6 is 0 Å². The molecule has 0 amide bonds. The molecule has 0 N–H and O–H groups in total. The predicted molar refractivity (Wildman–Crippen MR) is 52.3 cm³/mol. The van der Waals surface area contributed by atoms with Gasteiger partial charge in [0.05, 0.1) is 0 Å². The molecule has 0 spiro atoms. The maximum absolute atomic E-state index is 10.3. The fourth-order valence-electron chi connectivity index (χ4n) is 0.271. The van der Waals surface area contributed by atoms with Crippen molar-refractivity contribution in [3.05, 3.63) is 0 Å². The van der Waals surface area contributed by atoms with Crippen LogP contribution < -0.4 is 0 Å². The molecule has 0 saturated carbocycles. The van der Waals surface area contributed by atoms with Crippen LogP contribution in [0.15, 0.2) is 0 Å². The minimum Gasteiger partial charge on any atom is -0.393 e. The minimum atomic E-state index is -0.457. The maximum atomic E-state index is 10.3. The maximum Gasteiger partial charge on any atom is 0.313 e. The number of hydrogen-bond acceptors (Lipinski definition) is 3. The van der Waals surface area contributed by atoms with E-state index in [2.05, 4.69) is 18.6 Å². The smallest absolute Gasteiger partial charge is 0.313 e. The highest BCUT2D eigenvalue weighted by Crippen LogP contribution is 1.88. The zero-order valence-corrected chi connectivity index (χ0v) is 9.05. The Morgan fingerprint density at radius 1 is 0.846 bits per heavy atom.